The maximum Gasteiger partial charge on any atom is 0.257 e. The number of nitrogens with one attached hydrogen (secondary N) is 2. The SMILES string of the molecule is COc1cc2c(cc1OC)CN(CCc1ccc(NC(=O)c3ccccc3NC(=O)c3ccncc3)cc1)CC2. The van der Waals surface area contributed by atoms with E-state index in [1.165, 1.54) is 16.7 Å². The number of benzene rings is 3. The van der Waals surface area contributed by atoms with Crippen LogP contribution in [0.5, 0.6) is 11.5 Å². The van der Waals surface area contributed by atoms with Crippen LogP contribution in [0, 0.1) is 0 Å². The van der Waals surface area contributed by atoms with E-state index in [4.69, 9.17) is 9.47 Å². The van der Waals surface area contributed by atoms with E-state index in [1.54, 1.807) is 63.0 Å². The van der Waals surface area contributed by atoms with Crippen molar-refractivity contribution in [2.45, 2.75) is 19.4 Å². The number of pyridine rings is 1. The molecule has 204 valence electrons. The number of amides is 2. The van der Waals surface area contributed by atoms with Gasteiger partial charge in [-0.05, 0) is 78.1 Å². The summed E-state index contributed by atoms with van der Waals surface area (Å²) < 4.78 is 10.9. The molecule has 0 aliphatic carbocycles. The number of carbonyl (C=O) groups excluding carboxylic acids is 2. The zero-order valence-corrected chi connectivity index (χ0v) is 22.6. The summed E-state index contributed by atoms with van der Waals surface area (Å²) in [6.07, 6.45) is 4.99. The molecule has 0 fully saturated rings. The average molecular weight is 537 g/mol. The number of hydrogen-bond donors (Lipinski definition) is 2. The van der Waals surface area contributed by atoms with Crippen molar-refractivity contribution in [2.75, 3.05) is 37.9 Å². The first kappa shape index (κ1) is 26.9. The second kappa shape index (κ2) is 12.4. The number of anilines is 2. The van der Waals surface area contributed by atoms with Gasteiger partial charge >= 0.3 is 0 Å². The molecule has 3 aromatic carbocycles. The smallest absolute Gasteiger partial charge is 0.257 e. The molecular weight excluding hydrogens is 504 g/mol. The highest BCUT2D eigenvalue weighted by atomic mass is 16.5. The molecule has 4 aromatic rings. The molecule has 8 nitrogen and oxygen atoms in total. The van der Waals surface area contributed by atoms with Crippen molar-refractivity contribution in [3.05, 3.63) is 113 Å². The third kappa shape index (κ3) is 6.30. The lowest BCUT2D eigenvalue weighted by Crippen LogP contribution is -2.32. The Morgan fingerprint density at radius 2 is 1.55 bits per heavy atom. The van der Waals surface area contributed by atoms with Crippen LogP contribution in [0.3, 0.4) is 0 Å². The summed E-state index contributed by atoms with van der Waals surface area (Å²) in [7, 11) is 3.33. The van der Waals surface area contributed by atoms with Crippen LogP contribution in [0.1, 0.15) is 37.4 Å². The summed E-state index contributed by atoms with van der Waals surface area (Å²) in [5, 5.41) is 5.77. The molecule has 0 atom stereocenters. The molecule has 2 amide bonds. The van der Waals surface area contributed by atoms with Crippen molar-refractivity contribution in [1.29, 1.82) is 0 Å². The number of ether oxygens (including phenoxy) is 2. The van der Waals surface area contributed by atoms with Gasteiger partial charge < -0.3 is 20.1 Å². The molecular formula is C32H32N4O4. The molecule has 1 aliphatic heterocycles. The molecule has 0 bridgehead atoms. The Morgan fingerprint density at radius 1 is 0.850 bits per heavy atom. The molecule has 1 aliphatic rings. The Morgan fingerprint density at radius 3 is 2.27 bits per heavy atom. The molecule has 1 aromatic heterocycles. The average Bonchev–Trinajstić information content (AvgIpc) is 3.00. The lowest BCUT2D eigenvalue weighted by atomic mass is 9.98. The molecule has 5 rings (SSSR count). The van der Waals surface area contributed by atoms with Crippen molar-refractivity contribution >= 4 is 23.2 Å². The first-order chi connectivity index (χ1) is 19.5. The summed E-state index contributed by atoms with van der Waals surface area (Å²) in [5.74, 6) is 0.944. The van der Waals surface area contributed by atoms with Gasteiger partial charge in [0, 0.05) is 43.3 Å². The molecule has 2 heterocycles. The van der Waals surface area contributed by atoms with E-state index >= 15 is 0 Å². The molecule has 0 spiro atoms. The van der Waals surface area contributed by atoms with Crippen LogP contribution >= 0.6 is 0 Å². The summed E-state index contributed by atoms with van der Waals surface area (Å²) >= 11 is 0. The fourth-order valence-electron chi connectivity index (χ4n) is 4.86. The van der Waals surface area contributed by atoms with Crippen LogP contribution in [-0.4, -0.2) is 49.0 Å². The molecule has 0 saturated heterocycles. The van der Waals surface area contributed by atoms with Crippen molar-refractivity contribution < 1.29 is 19.1 Å². The zero-order chi connectivity index (χ0) is 27.9. The highest BCUT2D eigenvalue weighted by Crippen LogP contribution is 2.33. The maximum atomic E-state index is 13.1. The minimum Gasteiger partial charge on any atom is -0.493 e. The van der Waals surface area contributed by atoms with Gasteiger partial charge in [-0.25, -0.2) is 0 Å². The van der Waals surface area contributed by atoms with Crippen LogP contribution in [0.25, 0.3) is 0 Å². The van der Waals surface area contributed by atoms with E-state index in [0.29, 0.717) is 22.5 Å². The predicted molar refractivity (Wildman–Crippen MR) is 155 cm³/mol. The second-order valence-electron chi connectivity index (χ2n) is 9.64. The van der Waals surface area contributed by atoms with Crippen molar-refractivity contribution in [1.82, 2.24) is 9.88 Å². The van der Waals surface area contributed by atoms with Gasteiger partial charge in [0.15, 0.2) is 11.5 Å². The number of para-hydroxylation sites is 1. The van der Waals surface area contributed by atoms with Crippen molar-refractivity contribution in [2.24, 2.45) is 0 Å². The van der Waals surface area contributed by atoms with Crippen LogP contribution in [0.15, 0.2) is 85.2 Å². The highest BCUT2D eigenvalue weighted by Gasteiger charge is 2.19. The van der Waals surface area contributed by atoms with Gasteiger partial charge in [0.1, 0.15) is 0 Å². The van der Waals surface area contributed by atoms with Gasteiger partial charge in [-0.15, -0.1) is 0 Å². The number of carbonyl (C=O) groups is 2. The lowest BCUT2D eigenvalue weighted by Gasteiger charge is -2.29. The third-order valence-electron chi connectivity index (χ3n) is 7.09. The molecule has 2 N–H and O–H groups in total. The summed E-state index contributed by atoms with van der Waals surface area (Å²) in [6, 6.07) is 22.3. The van der Waals surface area contributed by atoms with Crippen LogP contribution in [0.4, 0.5) is 11.4 Å². The van der Waals surface area contributed by atoms with E-state index in [-0.39, 0.29) is 11.8 Å². The van der Waals surface area contributed by atoms with E-state index in [0.717, 1.165) is 44.0 Å². The van der Waals surface area contributed by atoms with Crippen LogP contribution < -0.4 is 20.1 Å². The minimum atomic E-state index is -0.303. The fraction of sp³-hybridized carbons (Fsp3) is 0.219. The van der Waals surface area contributed by atoms with E-state index in [9.17, 15) is 9.59 Å². The van der Waals surface area contributed by atoms with Gasteiger partial charge in [-0.2, -0.15) is 0 Å². The van der Waals surface area contributed by atoms with Gasteiger partial charge in [0.25, 0.3) is 11.8 Å². The molecule has 0 saturated carbocycles. The Labute approximate surface area is 234 Å². The first-order valence-corrected chi connectivity index (χ1v) is 13.2. The number of fused-ring (bicyclic) bond motifs is 1. The minimum absolute atomic E-state index is 0.294. The normalized spacial score (nSPS) is 12.8. The van der Waals surface area contributed by atoms with Gasteiger partial charge in [-0.3, -0.25) is 19.5 Å². The van der Waals surface area contributed by atoms with Crippen molar-refractivity contribution in [3.8, 4) is 11.5 Å². The number of aromatic nitrogens is 1. The zero-order valence-electron chi connectivity index (χ0n) is 22.6. The largest absolute Gasteiger partial charge is 0.493 e. The number of nitrogens with zero attached hydrogens (tertiary/aromatic N) is 2. The number of rotatable bonds is 9. The summed E-state index contributed by atoms with van der Waals surface area (Å²) in [6.45, 7) is 2.80. The van der Waals surface area contributed by atoms with E-state index < -0.39 is 0 Å². The van der Waals surface area contributed by atoms with Crippen LogP contribution in [0.2, 0.25) is 0 Å². The Kier molecular flexibility index (Phi) is 8.37. The molecule has 0 radical (unpaired) electrons. The van der Waals surface area contributed by atoms with E-state index in [2.05, 4.69) is 32.7 Å². The first-order valence-electron chi connectivity index (χ1n) is 13.2. The molecule has 0 unspecified atom stereocenters. The topological polar surface area (TPSA) is 92.8 Å². The van der Waals surface area contributed by atoms with Gasteiger partial charge in [-0.1, -0.05) is 24.3 Å². The quantitative estimate of drug-likeness (QED) is 0.305. The lowest BCUT2D eigenvalue weighted by molar-refractivity contribution is 0.102. The third-order valence-corrected chi connectivity index (χ3v) is 7.09. The summed E-state index contributed by atoms with van der Waals surface area (Å²) in [5.41, 5.74) is 5.77. The fourth-order valence-corrected chi connectivity index (χ4v) is 4.86. The standard InChI is InChI=1S/C32H32N4O4/c1-39-29-19-24-14-18-36(21-25(24)20-30(29)40-2)17-13-22-7-9-26(10-8-22)34-32(38)27-5-3-4-6-28(27)35-31(37)23-11-15-33-16-12-23/h3-12,15-16,19-20H,13-14,17-18,21H2,1-2H3,(H,34,38)(H,35,37). The monoisotopic (exact) mass is 536 g/mol. The second-order valence-corrected chi connectivity index (χ2v) is 9.64. The molecule has 40 heavy (non-hydrogen) atoms. The Hall–Kier alpha value is -4.69. The predicted octanol–water partition coefficient (Wildman–Crippen LogP) is 5.20. The summed E-state index contributed by atoms with van der Waals surface area (Å²) in [4.78, 5) is 32.0. The van der Waals surface area contributed by atoms with Crippen molar-refractivity contribution in [3.63, 3.8) is 0 Å². The van der Waals surface area contributed by atoms with Gasteiger partial charge in [0.2, 0.25) is 0 Å². The molecule has 8 heteroatoms. The Bertz CT molecular complexity index is 1490. The Balaban J connectivity index is 1.17. The van der Waals surface area contributed by atoms with Gasteiger partial charge in [0.05, 0.1) is 25.5 Å². The van der Waals surface area contributed by atoms with Crippen LogP contribution in [-0.2, 0) is 19.4 Å². The number of hydrogen-bond acceptors (Lipinski definition) is 6. The number of methoxy groups -OCH3 is 2. The maximum absolute atomic E-state index is 13.1. The van der Waals surface area contributed by atoms with E-state index in [1.807, 2.05) is 24.3 Å². The highest BCUT2D eigenvalue weighted by molar-refractivity contribution is 6.12.